The Kier molecular flexibility index (Phi) is 7.82. The van der Waals surface area contributed by atoms with Gasteiger partial charge in [-0.05, 0) is 86.5 Å². The number of amides is 1. The predicted octanol–water partition coefficient (Wildman–Crippen LogP) is 5.64. The number of carbonyl (C=O) groups is 1. The van der Waals surface area contributed by atoms with E-state index in [1.165, 1.54) is 12.1 Å². The molecule has 0 saturated carbocycles. The SMILES string of the molecule is O=C(N/N=C\c1c2ccccc2cc2ccccc12)[C@H](Cc1ccccc1)NS(=O)(=O)c1ccc(I)cc1. The van der Waals surface area contributed by atoms with Gasteiger partial charge >= 0.3 is 0 Å². The Balaban J connectivity index is 1.43. The monoisotopic (exact) mass is 633 g/mol. The molecular weight excluding hydrogens is 609 g/mol. The highest BCUT2D eigenvalue weighted by molar-refractivity contribution is 14.1. The fraction of sp³-hybridized carbons (Fsp3) is 0.0667. The minimum Gasteiger partial charge on any atom is -0.271 e. The highest BCUT2D eigenvalue weighted by atomic mass is 127. The number of nitrogens with zero attached hydrogens (tertiary/aromatic N) is 1. The Morgan fingerprint density at radius 3 is 2.03 bits per heavy atom. The molecule has 1 amide bonds. The van der Waals surface area contributed by atoms with Crippen LogP contribution in [0.2, 0.25) is 0 Å². The summed E-state index contributed by atoms with van der Waals surface area (Å²) in [6.07, 6.45) is 1.79. The Morgan fingerprint density at radius 1 is 0.816 bits per heavy atom. The molecule has 0 radical (unpaired) electrons. The van der Waals surface area contributed by atoms with Gasteiger partial charge in [0.1, 0.15) is 6.04 Å². The van der Waals surface area contributed by atoms with E-state index >= 15 is 0 Å². The molecule has 0 aliphatic rings. The number of hydrogen-bond acceptors (Lipinski definition) is 4. The average Bonchev–Trinajstić information content (AvgIpc) is 2.93. The fourth-order valence-electron chi connectivity index (χ4n) is 4.33. The molecule has 0 aromatic heterocycles. The highest BCUT2D eigenvalue weighted by Gasteiger charge is 2.26. The second-order valence-electron chi connectivity index (χ2n) is 8.78. The van der Waals surface area contributed by atoms with Crippen LogP contribution in [0.15, 0.2) is 119 Å². The van der Waals surface area contributed by atoms with Crippen LogP contribution in [0.5, 0.6) is 0 Å². The second kappa shape index (κ2) is 11.4. The molecule has 2 N–H and O–H groups in total. The summed E-state index contributed by atoms with van der Waals surface area (Å²) in [4.78, 5) is 13.4. The van der Waals surface area contributed by atoms with Crippen LogP contribution in [0.3, 0.4) is 0 Å². The molecule has 5 aromatic rings. The number of nitrogens with one attached hydrogen (secondary N) is 2. The van der Waals surface area contributed by atoms with E-state index in [0.717, 1.165) is 36.2 Å². The summed E-state index contributed by atoms with van der Waals surface area (Å²) in [5.41, 5.74) is 4.26. The minimum absolute atomic E-state index is 0.0921. The van der Waals surface area contributed by atoms with E-state index in [1.807, 2.05) is 78.9 Å². The van der Waals surface area contributed by atoms with E-state index in [4.69, 9.17) is 0 Å². The molecule has 5 aromatic carbocycles. The molecule has 0 saturated heterocycles. The van der Waals surface area contributed by atoms with Gasteiger partial charge in [0, 0.05) is 9.13 Å². The summed E-state index contributed by atoms with van der Waals surface area (Å²) in [7, 11) is -3.94. The van der Waals surface area contributed by atoms with Gasteiger partial charge in [-0.25, -0.2) is 13.8 Å². The highest BCUT2D eigenvalue weighted by Crippen LogP contribution is 2.27. The molecule has 5 rings (SSSR count). The first kappa shape index (κ1) is 26.0. The molecule has 0 spiro atoms. The van der Waals surface area contributed by atoms with Crippen molar-refractivity contribution in [2.24, 2.45) is 5.10 Å². The zero-order chi connectivity index (χ0) is 26.5. The van der Waals surface area contributed by atoms with Crippen LogP contribution < -0.4 is 10.1 Å². The summed E-state index contributed by atoms with van der Waals surface area (Å²) in [5, 5.41) is 8.39. The van der Waals surface area contributed by atoms with Crippen molar-refractivity contribution < 1.29 is 13.2 Å². The number of rotatable bonds is 8. The quantitative estimate of drug-likeness (QED) is 0.100. The largest absolute Gasteiger partial charge is 0.271 e. The van der Waals surface area contributed by atoms with Crippen molar-refractivity contribution in [2.75, 3.05) is 0 Å². The normalized spacial score (nSPS) is 12.7. The lowest BCUT2D eigenvalue weighted by Gasteiger charge is -2.17. The third-order valence-corrected chi connectivity index (χ3v) is 8.41. The smallest absolute Gasteiger partial charge is 0.258 e. The van der Waals surface area contributed by atoms with Crippen molar-refractivity contribution in [3.8, 4) is 0 Å². The maximum atomic E-state index is 13.3. The van der Waals surface area contributed by atoms with Crippen LogP contribution in [-0.4, -0.2) is 26.6 Å². The van der Waals surface area contributed by atoms with E-state index < -0.39 is 22.0 Å². The Morgan fingerprint density at radius 2 is 1.39 bits per heavy atom. The summed E-state index contributed by atoms with van der Waals surface area (Å²) in [5.74, 6) is -0.552. The summed E-state index contributed by atoms with van der Waals surface area (Å²) in [6.45, 7) is 0. The number of hydrazone groups is 1. The number of benzene rings is 5. The van der Waals surface area contributed by atoms with Gasteiger partial charge < -0.3 is 0 Å². The van der Waals surface area contributed by atoms with Crippen LogP contribution in [0.4, 0.5) is 0 Å². The lowest BCUT2D eigenvalue weighted by molar-refractivity contribution is -0.122. The van der Waals surface area contributed by atoms with Crippen LogP contribution >= 0.6 is 22.6 Å². The number of sulfonamides is 1. The van der Waals surface area contributed by atoms with Crippen LogP contribution in [0.25, 0.3) is 21.5 Å². The molecule has 0 aliphatic heterocycles. The van der Waals surface area contributed by atoms with Gasteiger partial charge in [0.2, 0.25) is 10.0 Å². The number of carbonyl (C=O) groups excluding carboxylic acids is 1. The molecule has 38 heavy (non-hydrogen) atoms. The Hall–Kier alpha value is -3.60. The third-order valence-electron chi connectivity index (χ3n) is 6.20. The topological polar surface area (TPSA) is 87.6 Å². The Labute approximate surface area is 235 Å². The average molecular weight is 634 g/mol. The molecule has 0 aliphatic carbocycles. The third kappa shape index (κ3) is 5.93. The van der Waals surface area contributed by atoms with Gasteiger partial charge in [-0.1, -0.05) is 78.9 Å². The molecular formula is C30H24IN3O3S. The zero-order valence-corrected chi connectivity index (χ0v) is 23.2. The molecule has 0 heterocycles. The van der Waals surface area contributed by atoms with Gasteiger partial charge in [0.25, 0.3) is 5.91 Å². The van der Waals surface area contributed by atoms with E-state index in [2.05, 4.69) is 43.9 Å². The van der Waals surface area contributed by atoms with Crippen molar-refractivity contribution in [1.82, 2.24) is 10.1 Å². The summed E-state index contributed by atoms with van der Waals surface area (Å²) < 4.78 is 29.7. The van der Waals surface area contributed by atoms with Crippen molar-refractivity contribution in [3.63, 3.8) is 0 Å². The van der Waals surface area contributed by atoms with Crippen LogP contribution in [0.1, 0.15) is 11.1 Å². The van der Waals surface area contributed by atoms with E-state index in [1.54, 1.807) is 18.3 Å². The van der Waals surface area contributed by atoms with Gasteiger partial charge in [0.15, 0.2) is 0 Å². The lowest BCUT2D eigenvalue weighted by atomic mass is 9.97. The molecule has 1 atom stereocenters. The summed E-state index contributed by atoms with van der Waals surface area (Å²) in [6, 6.07) is 32.8. The first-order valence-corrected chi connectivity index (χ1v) is 14.5. The Bertz CT molecular complexity index is 1680. The molecule has 0 fully saturated rings. The van der Waals surface area contributed by atoms with E-state index in [9.17, 15) is 13.2 Å². The van der Waals surface area contributed by atoms with Gasteiger partial charge in [-0.3, -0.25) is 4.79 Å². The van der Waals surface area contributed by atoms with E-state index in [0.29, 0.717) is 0 Å². The first-order chi connectivity index (χ1) is 18.4. The lowest BCUT2D eigenvalue weighted by Crippen LogP contribution is -2.46. The van der Waals surface area contributed by atoms with Crippen LogP contribution in [-0.2, 0) is 21.2 Å². The molecule has 6 nitrogen and oxygen atoms in total. The predicted molar refractivity (Wildman–Crippen MR) is 161 cm³/mol. The zero-order valence-electron chi connectivity index (χ0n) is 20.2. The van der Waals surface area contributed by atoms with Crippen molar-refractivity contribution in [1.29, 1.82) is 0 Å². The van der Waals surface area contributed by atoms with Gasteiger partial charge in [0.05, 0.1) is 11.1 Å². The van der Waals surface area contributed by atoms with Crippen molar-refractivity contribution in [2.45, 2.75) is 17.4 Å². The first-order valence-electron chi connectivity index (χ1n) is 12.0. The molecule has 0 unspecified atom stereocenters. The molecule has 190 valence electrons. The van der Waals surface area contributed by atoms with Crippen molar-refractivity contribution in [3.05, 3.63) is 124 Å². The van der Waals surface area contributed by atoms with Crippen molar-refractivity contribution >= 4 is 66.3 Å². The fourth-order valence-corrected chi connectivity index (χ4v) is 5.89. The standard InChI is InChI=1S/C30H24IN3O3S/c31-24-14-16-25(17-15-24)38(36,37)34-29(18-21-8-2-1-3-9-21)30(35)33-32-20-28-26-12-6-4-10-22(26)19-23-11-5-7-13-27(23)28/h1-17,19-20,29,34H,18H2,(H,33,35)/b32-20-/t29-/m0/s1. The number of fused-ring (bicyclic) bond motifs is 2. The van der Waals surface area contributed by atoms with E-state index in [-0.39, 0.29) is 11.3 Å². The minimum atomic E-state index is -3.94. The van der Waals surface area contributed by atoms with Gasteiger partial charge in [-0.15, -0.1) is 0 Å². The summed E-state index contributed by atoms with van der Waals surface area (Å²) >= 11 is 2.11. The van der Waals surface area contributed by atoms with Crippen LogP contribution in [0, 0.1) is 3.57 Å². The maximum absolute atomic E-state index is 13.3. The van der Waals surface area contributed by atoms with Gasteiger partial charge in [-0.2, -0.15) is 9.82 Å². The number of hydrogen-bond donors (Lipinski definition) is 2. The molecule has 8 heteroatoms. The number of halogens is 1. The maximum Gasteiger partial charge on any atom is 0.258 e. The second-order valence-corrected chi connectivity index (χ2v) is 11.7. The molecule has 0 bridgehead atoms.